The third-order valence-electron chi connectivity index (χ3n) is 2.57. The second-order valence-corrected chi connectivity index (χ2v) is 3.52. The van der Waals surface area contributed by atoms with Gasteiger partial charge in [-0.2, -0.15) is 0 Å². The molecule has 1 aliphatic heterocycles. The van der Waals surface area contributed by atoms with Crippen LogP contribution >= 0.6 is 0 Å². The van der Waals surface area contributed by atoms with Crippen LogP contribution in [0.3, 0.4) is 0 Å². The van der Waals surface area contributed by atoms with E-state index in [1.807, 2.05) is 6.20 Å². The lowest BCUT2D eigenvalue weighted by Crippen LogP contribution is -2.13. The largest absolute Gasteiger partial charge is 0.352 e. The van der Waals surface area contributed by atoms with E-state index in [2.05, 4.69) is 47.9 Å². The molecule has 0 saturated carbocycles. The van der Waals surface area contributed by atoms with Crippen molar-refractivity contribution in [3.8, 4) is 0 Å². The lowest BCUT2D eigenvalue weighted by molar-refractivity contribution is 0.500. The fraction of sp³-hybridized carbons (Fsp3) is 0.231. The summed E-state index contributed by atoms with van der Waals surface area (Å²) in [5.41, 5.74) is 2.75. The number of hydrogen-bond donors (Lipinski definition) is 0. The maximum atomic E-state index is 3.82. The molecule has 1 nitrogen and oxygen atoms in total. The van der Waals surface area contributed by atoms with E-state index in [-0.39, 0.29) is 0 Å². The van der Waals surface area contributed by atoms with Gasteiger partial charge >= 0.3 is 0 Å². The minimum Gasteiger partial charge on any atom is -0.352 e. The van der Waals surface area contributed by atoms with E-state index in [0.29, 0.717) is 0 Å². The fourth-order valence-electron chi connectivity index (χ4n) is 1.82. The summed E-state index contributed by atoms with van der Waals surface area (Å²) in [5, 5.41) is 0. The molecule has 1 aromatic carbocycles. The Hall–Kier alpha value is -1.50. The zero-order valence-electron chi connectivity index (χ0n) is 8.32. The molecule has 1 heteroatoms. The zero-order chi connectivity index (χ0) is 9.80. The van der Waals surface area contributed by atoms with Gasteiger partial charge in [0.25, 0.3) is 0 Å². The van der Waals surface area contributed by atoms with E-state index < -0.39 is 0 Å². The number of nitrogens with zero attached hydrogens (tertiary/aromatic N) is 1. The smallest absolute Gasteiger partial charge is 0.0257 e. The van der Waals surface area contributed by atoms with Crippen molar-refractivity contribution in [1.82, 2.24) is 4.90 Å². The van der Waals surface area contributed by atoms with Crippen LogP contribution in [0, 0.1) is 0 Å². The van der Waals surface area contributed by atoms with E-state index in [4.69, 9.17) is 0 Å². The summed E-state index contributed by atoms with van der Waals surface area (Å²) < 4.78 is 0. The van der Waals surface area contributed by atoms with E-state index in [1.165, 1.54) is 11.3 Å². The summed E-state index contributed by atoms with van der Waals surface area (Å²) in [6, 6.07) is 10.6. The molecule has 0 fully saturated rings. The molecule has 0 atom stereocenters. The summed E-state index contributed by atoms with van der Waals surface area (Å²) in [5.74, 6) is 0. The van der Waals surface area contributed by atoms with E-state index in [1.54, 1.807) is 0 Å². The Balaban J connectivity index is 2.08. The lowest BCUT2D eigenvalue weighted by atomic mass is 10.1. The number of rotatable bonds is 3. The number of benzene rings is 1. The highest BCUT2D eigenvalue weighted by atomic mass is 15.1. The van der Waals surface area contributed by atoms with Crippen molar-refractivity contribution in [1.29, 1.82) is 0 Å². The summed E-state index contributed by atoms with van der Waals surface area (Å²) in [6.07, 6.45) is 6.39. The van der Waals surface area contributed by atoms with Gasteiger partial charge in [0.05, 0.1) is 0 Å². The van der Waals surface area contributed by atoms with Gasteiger partial charge < -0.3 is 4.90 Å². The number of allylic oxidation sites excluding steroid dienone is 1. The highest BCUT2D eigenvalue weighted by Gasteiger charge is 2.11. The molecule has 1 aliphatic rings. The molecule has 0 spiro atoms. The zero-order valence-corrected chi connectivity index (χ0v) is 8.32. The van der Waals surface area contributed by atoms with Crippen LogP contribution in [0.5, 0.6) is 0 Å². The molecular weight excluding hydrogens is 170 g/mol. The normalized spacial score (nSPS) is 15.4. The van der Waals surface area contributed by atoms with Crippen LogP contribution < -0.4 is 0 Å². The summed E-state index contributed by atoms with van der Waals surface area (Å²) in [7, 11) is 0. The molecule has 14 heavy (non-hydrogen) atoms. The van der Waals surface area contributed by atoms with Gasteiger partial charge in [-0.25, -0.2) is 0 Å². The highest BCUT2D eigenvalue weighted by molar-refractivity contribution is 5.23. The van der Waals surface area contributed by atoms with Gasteiger partial charge in [0, 0.05) is 18.7 Å². The summed E-state index contributed by atoms with van der Waals surface area (Å²) in [4.78, 5) is 2.23. The Labute approximate surface area is 85.4 Å². The van der Waals surface area contributed by atoms with Crippen molar-refractivity contribution in [3.05, 3.63) is 60.4 Å². The van der Waals surface area contributed by atoms with Crippen LogP contribution in [0.4, 0.5) is 0 Å². The van der Waals surface area contributed by atoms with Crippen molar-refractivity contribution < 1.29 is 0 Å². The maximum Gasteiger partial charge on any atom is 0.0257 e. The van der Waals surface area contributed by atoms with Crippen molar-refractivity contribution >= 4 is 0 Å². The third kappa shape index (κ3) is 1.87. The van der Waals surface area contributed by atoms with Gasteiger partial charge in [-0.15, -0.1) is 0 Å². The molecule has 2 rings (SSSR count). The van der Waals surface area contributed by atoms with E-state index >= 15 is 0 Å². The first-order valence-corrected chi connectivity index (χ1v) is 5.02. The topological polar surface area (TPSA) is 3.24 Å². The Kier molecular flexibility index (Phi) is 2.68. The average Bonchev–Trinajstić information content (AvgIpc) is 2.67. The molecule has 0 aliphatic carbocycles. The standard InChI is InChI=1S/C13H15N/c1-2-14-10-6-9-13(14)11-12-7-4-3-5-8-12/h2-5,7-9H,1,6,10-11H2. The van der Waals surface area contributed by atoms with Crippen LogP contribution in [0.25, 0.3) is 0 Å². The van der Waals surface area contributed by atoms with Gasteiger partial charge in [0.15, 0.2) is 0 Å². The molecule has 0 saturated heterocycles. The maximum absolute atomic E-state index is 3.82. The molecule has 1 aromatic rings. The van der Waals surface area contributed by atoms with Crippen LogP contribution in [0.1, 0.15) is 12.0 Å². The van der Waals surface area contributed by atoms with E-state index in [0.717, 1.165) is 19.4 Å². The molecule has 0 aromatic heterocycles. The predicted molar refractivity (Wildman–Crippen MR) is 59.7 cm³/mol. The lowest BCUT2D eigenvalue weighted by Gasteiger charge is -2.16. The highest BCUT2D eigenvalue weighted by Crippen LogP contribution is 2.19. The first-order chi connectivity index (χ1) is 6.90. The van der Waals surface area contributed by atoms with Crippen molar-refractivity contribution in [3.63, 3.8) is 0 Å². The minimum absolute atomic E-state index is 1.02. The Bertz CT molecular complexity index is 338. The fourth-order valence-corrected chi connectivity index (χ4v) is 1.82. The SMILES string of the molecule is C=CN1CCC=C1Cc1ccccc1. The van der Waals surface area contributed by atoms with Crippen LogP contribution in [0.2, 0.25) is 0 Å². The van der Waals surface area contributed by atoms with Gasteiger partial charge in [0.1, 0.15) is 0 Å². The van der Waals surface area contributed by atoms with Crippen LogP contribution in [-0.4, -0.2) is 11.4 Å². The van der Waals surface area contributed by atoms with Gasteiger partial charge in [-0.1, -0.05) is 43.0 Å². The van der Waals surface area contributed by atoms with Gasteiger partial charge in [-0.3, -0.25) is 0 Å². The molecular formula is C13H15N. The molecule has 72 valence electrons. The van der Waals surface area contributed by atoms with Crippen molar-refractivity contribution in [2.24, 2.45) is 0 Å². The van der Waals surface area contributed by atoms with Crippen molar-refractivity contribution in [2.75, 3.05) is 6.54 Å². The quantitative estimate of drug-likeness (QED) is 0.699. The Morgan fingerprint density at radius 2 is 2.07 bits per heavy atom. The average molecular weight is 185 g/mol. The summed E-state index contributed by atoms with van der Waals surface area (Å²) >= 11 is 0. The minimum atomic E-state index is 1.02. The molecule has 0 radical (unpaired) electrons. The van der Waals surface area contributed by atoms with Gasteiger partial charge in [-0.05, 0) is 18.2 Å². The molecule has 0 amide bonds. The first-order valence-electron chi connectivity index (χ1n) is 5.02. The van der Waals surface area contributed by atoms with E-state index in [9.17, 15) is 0 Å². The predicted octanol–water partition coefficient (Wildman–Crippen LogP) is 2.96. The molecule has 0 N–H and O–H groups in total. The molecule has 0 unspecified atom stereocenters. The first kappa shape index (κ1) is 9.07. The van der Waals surface area contributed by atoms with Crippen LogP contribution in [-0.2, 0) is 6.42 Å². The second kappa shape index (κ2) is 4.14. The Morgan fingerprint density at radius 1 is 1.29 bits per heavy atom. The third-order valence-corrected chi connectivity index (χ3v) is 2.57. The monoisotopic (exact) mass is 185 g/mol. The molecule has 1 heterocycles. The number of hydrogen-bond acceptors (Lipinski definition) is 1. The molecule has 0 bridgehead atoms. The Morgan fingerprint density at radius 3 is 2.79 bits per heavy atom. The summed E-state index contributed by atoms with van der Waals surface area (Å²) in [6.45, 7) is 4.91. The van der Waals surface area contributed by atoms with Crippen LogP contribution in [0.15, 0.2) is 54.9 Å². The second-order valence-electron chi connectivity index (χ2n) is 3.52. The van der Waals surface area contributed by atoms with Crippen molar-refractivity contribution in [2.45, 2.75) is 12.8 Å². The van der Waals surface area contributed by atoms with Gasteiger partial charge in [0.2, 0.25) is 0 Å².